The van der Waals surface area contributed by atoms with Gasteiger partial charge in [-0.25, -0.2) is 9.36 Å². The Labute approximate surface area is 263 Å². The smallest absolute Gasteiger partial charge is 0.505 e. The number of fused-ring (bicyclic) bond motifs is 5. The maximum absolute atomic E-state index is 13.0. The van der Waals surface area contributed by atoms with Crippen molar-refractivity contribution in [1.82, 2.24) is 0 Å². The van der Waals surface area contributed by atoms with Crippen molar-refractivity contribution >= 4 is 13.8 Å². The average Bonchev–Trinajstić information content (AvgIpc) is 3.46. The van der Waals surface area contributed by atoms with Gasteiger partial charge < -0.3 is 24.6 Å². The molecule has 1 aliphatic heterocycles. The fraction of sp³-hybridized carbons (Fsp3) is 0.912. The summed E-state index contributed by atoms with van der Waals surface area (Å²) < 4.78 is 28.3. The molecule has 9 nitrogen and oxygen atoms in total. The van der Waals surface area contributed by atoms with Crippen LogP contribution in [0.15, 0.2) is 11.5 Å². The number of rotatable bonds is 11. The average molecular weight is 641 g/mol. The lowest BCUT2D eigenvalue weighted by Crippen LogP contribution is -2.54. The van der Waals surface area contributed by atoms with Crippen molar-refractivity contribution in [3.63, 3.8) is 0 Å². The van der Waals surface area contributed by atoms with Crippen LogP contribution < -0.4 is 0 Å². The van der Waals surface area contributed by atoms with Crippen molar-refractivity contribution < 1.29 is 43.4 Å². The Morgan fingerprint density at radius 3 is 2.34 bits per heavy atom. The summed E-state index contributed by atoms with van der Waals surface area (Å²) in [7, 11) is -4.77. The van der Waals surface area contributed by atoms with Crippen molar-refractivity contribution in [3.05, 3.63) is 11.5 Å². The van der Waals surface area contributed by atoms with E-state index in [2.05, 4.69) is 41.5 Å². The zero-order valence-electron chi connectivity index (χ0n) is 27.6. The first kappa shape index (κ1) is 34.2. The quantitative estimate of drug-likeness (QED) is 0.140. The minimum atomic E-state index is -4.77. The molecule has 44 heavy (non-hydrogen) atoms. The predicted molar refractivity (Wildman–Crippen MR) is 166 cm³/mol. The molecule has 0 amide bonds. The van der Waals surface area contributed by atoms with Crippen molar-refractivity contribution in [3.8, 4) is 0 Å². The lowest BCUT2D eigenvalue weighted by atomic mass is 9.44. The van der Waals surface area contributed by atoms with E-state index in [-0.39, 0.29) is 5.41 Å². The van der Waals surface area contributed by atoms with Crippen LogP contribution in [0.4, 0.5) is 0 Å². The number of aliphatic hydroxyl groups is 3. The minimum Gasteiger partial charge on any atom is -0.505 e. The molecule has 0 aromatic heterocycles. The third-order valence-corrected chi connectivity index (χ3v) is 14.5. The molecule has 0 aromatic rings. The fourth-order valence-corrected chi connectivity index (χ4v) is 11.6. The number of carbonyl (C=O) groups is 1. The van der Waals surface area contributed by atoms with Crippen LogP contribution in [0.5, 0.6) is 0 Å². The molecular weight excluding hydrogens is 583 g/mol. The Morgan fingerprint density at radius 2 is 1.66 bits per heavy atom. The Kier molecular flexibility index (Phi) is 9.97. The van der Waals surface area contributed by atoms with E-state index in [0.717, 1.165) is 48.3 Å². The first-order valence-electron chi connectivity index (χ1n) is 17.2. The number of esters is 1. The summed E-state index contributed by atoms with van der Waals surface area (Å²) in [6.07, 6.45) is 8.80. The van der Waals surface area contributed by atoms with Gasteiger partial charge >= 0.3 is 13.8 Å². The topological polar surface area (TPSA) is 143 Å². The van der Waals surface area contributed by atoms with Crippen LogP contribution in [-0.2, 0) is 23.1 Å². The highest BCUT2D eigenvalue weighted by atomic mass is 31.2. The van der Waals surface area contributed by atoms with Crippen LogP contribution in [0.3, 0.4) is 0 Å². The predicted octanol–water partition coefficient (Wildman–Crippen LogP) is 6.90. The van der Waals surface area contributed by atoms with E-state index in [1.807, 2.05) is 0 Å². The highest BCUT2D eigenvalue weighted by Gasteiger charge is 2.61. The Hall–Kier alpha value is -1.12. The number of hydrogen-bond acceptors (Lipinski definition) is 8. The summed E-state index contributed by atoms with van der Waals surface area (Å²) in [4.78, 5) is 22.7. The standard InChI is InChI=1S/C34H57O9P/c1-19(2)20(3)7-8-21(4)25-11-12-26-24-10-9-22-17-23(13-15-33(22,5)27(24)14-16-34(25,26)6)42-44(39,40)43-31-29(37)30(28(36)18-35)41-32(31)38/h19-28,30,35-37H,7-18H2,1-6H3,(H,39,40)/t20-,21-,22+,23+,24+,25-,26?,27+,28+,30-,33+,34-/m1/s1. The van der Waals surface area contributed by atoms with E-state index in [1.54, 1.807) is 0 Å². The second-order valence-electron chi connectivity index (χ2n) is 16.0. The van der Waals surface area contributed by atoms with Crippen LogP contribution >= 0.6 is 7.82 Å². The molecule has 10 heteroatoms. The van der Waals surface area contributed by atoms with Gasteiger partial charge in [0.25, 0.3) is 5.76 Å². The van der Waals surface area contributed by atoms with Crippen LogP contribution in [-0.4, -0.2) is 51.1 Å². The van der Waals surface area contributed by atoms with E-state index >= 15 is 0 Å². The first-order chi connectivity index (χ1) is 20.6. The summed E-state index contributed by atoms with van der Waals surface area (Å²) in [6.45, 7) is 13.9. The van der Waals surface area contributed by atoms with Crippen LogP contribution in [0.25, 0.3) is 0 Å². The van der Waals surface area contributed by atoms with Gasteiger partial charge in [-0.2, -0.15) is 0 Å². The summed E-state index contributed by atoms with van der Waals surface area (Å²) in [5.41, 5.74) is 0.602. The Bertz CT molecular complexity index is 1140. The van der Waals surface area contributed by atoms with Crippen molar-refractivity contribution in [1.29, 1.82) is 0 Å². The SMILES string of the molecule is CC(C)[C@H](C)CC[C@@H](C)[C@H]1CCC2[C@@H]3CC[C@H]4C[C@@H](OP(=O)(O)OC5=C(O)[C@@H]([C@@H](O)CO)OC5=O)CC[C@]4(C)[C@H]3CC[C@@]21C. The summed E-state index contributed by atoms with van der Waals surface area (Å²) >= 11 is 0. The molecule has 0 saturated heterocycles. The van der Waals surface area contributed by atoms with E-state index in [9.17, 15) is 24.5 Å². The highest BCUT2D eigenvalue weighted by Crippen LogP contribution is 2.69. The zero-order chi connectivity index (χ0) is 32.2. The van der Waals surface area contributed by atoms with Crippen LogP contribution in [0, 0.1) is 58.2 Å². The van der Waals surface area contributed by atoms with Gasteiger partial charge in [0.2, 0.25) is 0 Å². The number of cyclic esters (lactones) is 1. The molecule has 4 N–H and O–H groups in total. The molecule has 4 saturated carbocycles. The second-order valence-corrected chi connectivity index (χ2v) is 17.3. The molecule has 4 fully saturated rings. The lowest BCUT2D eigenvalue weighted by molar-refractivity contribution is -0.147. The van der Waals surface area contributed by atoms with Crippen molar-refractivity contribution in [2.75, 3.05) is 6.61 Å². The second kappa shape index (κ2) is 12.8. The summed E-state index contributed by atoms with van der Waals surface area (Å²) in [5, 5.41) is 29.1. The van der Waals surface area contributed by atoms with Crippen molar-refractivity contribution in [2.24, 2.45) is 58.2 Å². The van der Waals surface area contributed by atoms with Crippen molar-refractivity contribution in [2.45, 2.75) is 130 Å². The van der Waals surface area contributed by atoms with Gasteiger partial charge in [0, 0.05) is 0 Å². The number of phosphoric ester groups is 1. The molecule has 5 rings (SSSR count). The van der Waals surface area contributed by atoms with Gasteiger partial charge in [-0.1, -0.05) is 54.4 Å². The normalized spacial score (nSPS) is 42.1. The molecular formula is C34H57O9P. The maximum atomic E-state index is 13.0. The molecule has 13 atom stereocenters. The molecule has 0 spiro atoms. The van der Waals surface area contributed by atoms with E-state index in [1.165, 1.54) is 44.9 Å². The molecule has 0 bridgehead atoms. The number of phosphoric acid groups is 1. The first-order valence-corrected chi connectivity index (χ1v) is 18.7. The monoisotopic (exact) mass is 640 g/mol. The van der Waals surface area contributed by atoms with Gasteiger partial charge in [0.1, 0.15) is 6.10 Å². The molecule has 4 aliphatic carbocycles. The fourth-order valence-electron chi connectivity index (χ4n) is 10.6. The summed E-state index contributed by atoms with van der Waals surface area (Å²) in [6, 6.07) is 0. The third-order valence-electron chi connectivity index (χ3n) is 13.5. The van der Waals surface area contributed by atoms with Crippen LogP contribution in [0.1, 0.15) is 112 Å². The summed E-state index contributed by atoms with van der Waals surface area (Å²) in [5.74, 6) is 2.81. The van der Waals surface area contributed by atoms with E-state index in [0.29, 0.717) is 30.1 Å². The maximum Gasteiger partial charge on any atom is 0.528 e. The molecule has 0 radical (unpaired) electrons. The Morgan fingerprint density at radius 1 is 0.977 bits per heavy atom. The van der Waals surface area contributed by atoms with Crippen LogP contribution in [0.2, 0.25) is 0 Å². The lowest BCUT2D eigenvalue weighted by Gasteiger charge is -2.61. The molecule has 5 aliphatic rings. The number of hydrogen-bond donors (Lipinski definition) is 4. The van der Waals surface area contributed by atoms with E-state index in [4.69, 9.17) is 18.9 Å². The molecule has 1 heterocycles. The van der Waals surface area contributed by atoms with Gasteiger partial charge in [-0.05, 0) is 116 Å². The van der Waals surface area contributed by atoms with Gasteiger partial charge in [-0.3, -0.25) is 9.42 Å². The zero-order valence-corrected chi connectivity index (χ0v) is 28.5. The van der Waals surface area contributed by atoms with Gasteiger partial charge in [0.05, 0.1) is 12.7 Å². The largest absolute Gasteiger partial charge is 0.528 e. The minimum absolute atomic E-state index is 0.171. The Balaban J connectivity index is 1.20. The number of aliphatic hydroxyl groups excluding tert-OH is 3. The molecule has 252 valence electrons. The highest BCUT2D eigenvalue weighted by molar-refractivity contribution is 7.47. The van der Waals surface area contributed by atoms with Gasteiger partial charge in [-0.15, -0.1) is 0 Å². The third kappa shape index (κ3) is 6.26. The molecule has 2 unspecified atom stereocenters. The van der Waals surface area contributed by atoms with E-state index < -0.39 is 50.2 Å². The number of ether oxygens (including phenoxy) is 1. The number of carbonyl (C=O) groups excluding carboxylic acids is 1. The van der Waals surface area contributed by atoms with Gasteiger partial charge in [0.15, 0.2) is 11.9 Å². The molecule has 0 aromatic carbocycles.